The Morgan fingerprint density at radius 1 is 1.38 bits per heavy atom. The summed E-state index contributed by atoms with van der Waals surface area (Å²) in [5, 5.41) is 3.00. The highest BCUT2D eigenvalue weighted by Gasteiger charge is 2.14. The first-order chi connectivity index (χ1) is 10.1. The topological polar surface area (TPSA) is 51.5 Å². The molecule has 1 unspecified atom stereocenters. The molecule has 1 heterocycles. The van der Waals surface area contributed by atoms with Gasteiger partial charge < -0.3 is 14.5 Å². The Balaban J connectivity index is 1.95. The van der Waals surface area contributed by atoms with Gasteiger partial charge in [0.05, 0.1) is 19.4 Å². The minimum Gasteiger partial charge on any atom is -0.496 e. The standard InChI is InChI=1S/C17H21NO3/c1-12-6-8-16(20-3)15(11-12)13(2)18-17(19)9-7-14-5-4-10-21-14/h4-6,8,10-11,13H,7,9H2,1-3H3,(H,18,19). The maximum absolute atomic E-state index is 12.0. The van der Waals surface area contributed by atoms with Gasteiger partial charge in [-0.25, -0.2) is 0 Å². The van der Waals surface area contributed by atoms with E-state index in [9.17, 15) is 4.79 Å². The second-order valence-corrected chi connectivity index (χ2v) is 5.11. The van der Waals surface area contributed by atoms with E-state index in [4.69, 9.17) is 9.15 Å². The molecule has 1 aromatic carbocycles. The molecule has 0 bridgehead atoms. The van der Waals surface area contributed by atoms with Gasteiger partial charge in [0.2, 0.25) is 5.91 Å². The highest BCUT2D eigenvalue weighted by Crippen LogP contribution is 2.26. The van der Waals surface area contributed by atoms with Crippen molar-refractivity contribution in [3.05, 3.63) is 53.5 Å². The van der Waals surface area contributed by atoms with Gasteiger partial charge in [-0.1, -0.05) is 17.7 Å². The normalized spacial score (nSPS) is 12.0. The minimum atomic E-state index is -0.0936. The van der Waals surface area contributed by atoms with Crippen molar-refractivity contribution in [2.75, 3.05) is 7.11 Å². The summed E-state index contributed by atoms with van der Waals surface area (Å²) >= 11 is 0. The van der Waals surface area contributed by atoms with Crippen molar-refractivity contribution < 1.29 is 13.9 Å². The average Bonchev–Trinajstić information content (AvgIpc) is 2.98. The van der Waals surface area contributed by atoms with Crippen molar-refractivity contribution in [2.24, 2.45) is 0 Å². The lowest BCUT2D eigenvalue weighted by molar-refractivity contribution is -0.121. The number of carbonyl (C=O) groups excluding carboxylic acids is 1. The number of furan rings is 1. The molecule has 112 valence electrons. The van der Waals surface area contributed by atoms with Crippen LogP contribution in [0.2, 0.25) is 0 Å². The Labute approximate surface area is 125 Å². The molecule has 0 radical (unpaired) electrons. The fourth-order valence-corrected chi connectivity index (χ4v) is 2.28. The van der Waals surface area contributed by atoms with Crippen molar-refractivity contribution in [2.45, 2.75) is 32.7 Å². The van der Waals surface area contributed by atoms with Crippen LogP contribution in [0.1, 0.15) is 36.3 Å². The molecule has 0 fully saturated rings. The van der Waals surface area contributed by atoms with Gasteiger partial charge >= 0.3 is 0 Å². The summed E-state index contributed by atoms with van der Waals surface area (Å²) in [5.41, 5.74) is 2.13. The largest absolute Gasteiger partial charge is 0.496 e. The van der Waals surface area contributed by atoms with Crippen molar-refractivity contribution >= 4 is 5.91 Å². The van der Waals surface area contributed by atoms with Crippen LogP contribution in [0.3, 0.4) is 0 Å². The predicted molar refractivity (Wildman–Crippen MR) is 81.3 cm³/mol. The van der Waals surface area contributed by atoms with Crippen LogP contribution in [0.5, 0.6) is 5.75 Å². The first-order valence-corrected chi connectivity index (χ1v) is 7.06. The van der Waals surface area contributed by atoms with Crippen LogP contribution in [-0.4, -0.2) is 13.0 Å². The monoisotopic (exact) mass is 287 g/mol. The molecule has 0 aliphatic rings. The number of hydrogen-bond acceptors (Lipinski definition) is 3. The summed E-state index contributed by atoms with van der Waals surface area (Å²) in [5.74, 6) is 1.62. The number of methoxy groups -OCH3 is 1. The molecule has 4 nitrogen and oxygen atoms in total. The van der Waals surface area contributed by atoms with E-state index in [-0.39, 0.29) is 11.9 Å². The first kappa shape index (κ1) is 15.2. The second-order valence-electron chi connectivity index (χ2n) is 5.11. The summed E-state index contributed by atoms with van der Waals surface area (Å²) < 4.78 is 10.6. The van der Waals surface area contributed by atoms with E-state index in [1.54, 1.807) is 13.4 Å². The van der Waals surface area contributed by atoms with Crippen molar-refractivity contribution in [3.8, 4) is 5.75 Å². The SMILES string of the molecule is COc1ccc(C)cc1C(C)NC(=O)CCc1ccco1. The lowest BCUT2D eigenvalue weighted by Crippen LogP contribution is -2.27. The molecular formula is C17H21NO3. The van der Waals surface area contributed by atoms with E-state index in [2.05, 4.69) is 5.32 Å². The Bertz CT molecular complexity index is 590. The van der Waals surface area contributed by atoms with Gasteiger partial charge in [0.15, 0.2) is 0 Å². The number of carbonyl (C=O) groups is 1. The number of hydrogen-bond donors (Lipinski definition) is 1. The van der Waals surface area contributed by atoms with Crippen LogP contribution in [0.25, 0.3) is 0 Å². The molecule has 2 rings (SSSR count). The fraction of sp³-hybridized carbons (Fsp3) is 0.353. The Kier molecular flexibility index (Phi) is 5.04. The van der Waals surface area contributed by atoms with Crippen LogP contribution in [0.15, 0.2) is 41.0 Å². The third-order valence-corrected chi connectivity index (χ3v) is 3.41. The zero-order chi connectivity index (χ0) is 15.2. The molecule has 0 saturated carbocycles. The third kappa shape index (κ3) is 4.12. The summed E-state index contributed by atoms with van der Waals surface area (Å²) in [6.07, 6.45) is 2.63. The van der Waals surface area contributed by atoms with E-state index in [1.807, 2.05) is 44.2 Å². The predicted octanol–water partition coefficient (Wildman–Crippen LogP) is 3.41. The summed E-state index contributed by atoms with van der Waals surface area (Å²) in [7, 11) is 1.64. The number of nitrogens with one attached hydrogen (secondary N) is 1. The van der Waals surface area contributed by atoms with Crippen LogP contribution in [-0.2, 0) is 11.2 Å². The molecule has 4 heteroatoms. The zero-order valence-corrected chi connectivity index (χ0v) is 12.7. The molecule has 1 N–H and O–H groups in total. The van der Waals surface area contributed by atoms with Gasteiger partial charge in [0.1, 0.15) is 11.5 Å². The minimum absolute atomic E-state index is 0.00228. The quantitative estimate of drug-likeness (QED) is 0.885. The van der Waals surface area contributed by atoms with Gasteiger partial charge in [0, 0.05) is 18.4 Å². The Morgan fingerprint density at radius 2 is 2.19 bits per heavy atom. The van der Waals surface area contributed by atoms with Crippen LogP contribution < -0.4 is 10.1 Å². The van der Waals surface area contributed by atoms with Crippen LogP contribution in [0, 0.1) is 6.92 Å². The second kappa shape index (κ2) is 6.97. The van der Waals surface area contributed by atoms with Gasteiger partial charge in [-0.05, 0) is 32.0 Å². The molecule has 1 aromatic heterocycles. The Hall–Kier alpha value is -2.23. The van der Waals surface area contributed by atoms with E-state index >= 15 is 0 Å². The maximum Gasteiger partial charge on any atom is 0.220 e. The lowest BCUT2D eigenvalue weighted by Gasteiger charge is -2.18. The average molecular weight is 287 g/mol. The summed E-state index contributed by atoms with van der Waals surface area (Å²) in [6, 6.07) is 9.57. The molecule has 0 saturated heterocycles. The molecule has 21 heavy (non-hydrogen) atoms. The van der Waals surface area contributed by atoms with E-state index in [0.29, 0.717) is 12.8 Å². The first-order valence-electron chi connectivity index (χ1n) is 7.06. The smallest absolute Gasteiger partial charge is 0.220 e. The summed E-state index contributed by atoms with van der Waals surface area (Å²) in [4.78, 5) is 12.0. The molecular weight excluding hydrogens is 266 g/mol. The summed E-state index contributed by atoms with van der Waals surface area (Å²) in [6.45, 7) is 3.98. The van der Waals surface area contributed by atoms with E-state index < -0.39 is 0 Å². The van der Waals surface area contributed by atoms with Gasteiger partial charge in [-0.3, -0.25) is 4.79 Å². The molecule has 1 atom stereocenters. The van der Waals surface area contributed by atoms with E-state index in [1.165, 1.54) is 0 Å². The lowest BCUT2D eigenvalue weighted by atomic mass is 10.0. The molecule has 0 aliphatic carbocycles. The number of benzene rings is 1. The number of amides is 1. The number of rotatable bonds is 6. The maximum atomic E-state index is 12.0. The van der Waals surface area contributed by atoms with Crippen molar-refractivity contribution in [1.82, 2.24) is 5.32 Å². The van der Waals surface area contributed by atoms with Gasteiger partial charge in [0.25, 0.3) is 0 Å². The molecule has 1 amide bonds. The third-order valence-electron chi connectivity index (χ3n) is 3.41. The van der Waals surface area contributed by atoms with Gasteiger partial charge in [-0.15, -0.1) is 0 Å². The highest BCUT2D eigenvalue weighted by atomic mass is 16.5. The van der Waals surface area contributed by atoms with Crippen LogP contribution >= 0.6 is 0 Å². The Morgan fingerprint density at radius 3 is 2.86 bits per heavy atom. The van der Waals surface area contributed by atoms with Gasteiger partial charge in [-0.2, -0.15) is 0 Å². The van der Waals surface area contributed by atoms with Crippen LogP contribution in [0.4, 0.5) is 0 Å². The molecule has 0 aliphatic heterocycles. The molecule has 2 aromatic rings. The number of aryl methyl sites for hydroxylation is 2. The van der Waals surface area contributed by atoms with E-state index in [0.717, 1.165) is 22.6 Å². The molecule has 0 spiro atoms. The fourth-order valence-electron chi connectivity index (χ4n) is 2.28. The van der Waals surface area contributed by atoms with Crippen molar-refractivity contribution in [1.29, 1.82) is 0 Å². The highest BCUT2D eigenvalue weighted by molar-refractivity contribution is 5.76. The number of ether oxygens (including phenoxy) is 1. The zero-order valence-electron chi connectivity index (χ0n) is 12.7. The van der Waals surface area contributed by atoms with Crippen molar-refractivity contribution in [3.63, 3.8) is 0 Å².